The molecular formula is C16H17FN4O2S. The fraction of sp³-hybridized carbons (Fsp3) is 0.250. The quantitative estimate of drug-likeness (QED) is 0.751. The van der Waals surface area contributed by atoms with Gasteiger partial charge in [0, 0.05) is 12.1 Å². The first kappa shape index (κ1) is 17.9. The van der Waals surface area contributed by atoms with Gasteiger partial charge in [-0.15, -0.1) is 10.2 Å². The average molecular weight is 348 g/mol. The molecule has 126 valence electrons. The summed E-state index contributed by atoms with van der Waals surface area (Å²) in [6, 6.07) is 8.60. The Bertz CT molecular complexity index is 709. The monoisotopic (exact) mass is 348 g/mol. The maximum Gasteiger partial charge on any atom is 0.256 e. The molecule has 0 saturated heterocycles. The van der Waals surface area contributed by atoms with Crippen molar-refractivity contribution in [2.75, 3.05) is 17.6 Å². The summed E-state index contributed by atoms with van der Waals surface area (Å²) < 4.78 is 13.1. The van der Waals surface area contributed by atoms with Gasteiger partial charge in [-0.3, -0.25) is 9.59 Å². The molecule has 0 aliphatic rings. The van der Waals surface area contributed by atoms with Gasteiger partial charge in [0.25, 0.3) is 5.91 Å². The van der Waals surface area contributed by atoms with Crippen molar-refractivity contribution < 1.29 is 14.0 Å². The second-order valence-electron chi connectivity index (χ2n) is 4.86. The van der Waals surface area contributed by atoms with Crippen LogP contribution in [-0.2, 0) is 4.79 Å². The van der Waals surface area contributed by atoms with Crippen molar-refractivity contribution in [1.82, 2.24) is 15.5 Å². The van der Waals surface area contributed by atoms with Crippen molar-refractivity contribution in [2.45, 2.75) is 18.4 Å². The van der Waals surface area contributed by atoms with Crippen LogP contribution in [0.25, 0.3) is 0 Å². The Labute approximate surface area is 143 Å². The molecule has 6 nitrogen and oxygen atoms in total. The number of nitrogens with zero attached hydrogens (tertiary/aromatic N) is 2. The number of anilines is 1. The molecule has 1 aromatic heterocycles. The number of carbonyl (C=O) groups is 2. The zero-order valence-corrected chi connectivity index (χ0v) is 13.9. The van der Waals surface area contributed by atoms with Crippen LogP contribution in [0.1, 0.15) is 23.7 Å². The first-order valence-electron chi connectivity index (χ1n) is 7.38. The number of benzene rings is 1. The van der Waals surface area contributed by atoms with E-state index in [1.807, 2.05) is 6.92 Å². The molecule has 0 saturated carbocycles. The highest BCUT2D eigenvalue weighted by molar-refractivity contribution is 7.99. The Hall–Kier alpha value is -2.48. The molecule has 2 rings (SSSR count). The molecule has 2 aromatic rings. The van der Waals surface area contributed by atoms with E-state index in [1.165, 1.54) is 30.0 Å². The lowest BCUT2D eigenvalue weighted by atomic mass is 10.2. The van der Waals surface area contributed by atoms with Crippen molar-refractivity contribution in [2.24, 2.45) is 0 Å². The zero-order chi connectivity index (χ0) is 17.4. The van der Waals surface area contributed by atoms with E-state index in [1.54, 1.807) is 12.1 Å². The molecule has 0 aliphatic heterocycles. The second kappa shape index (κ2) is 8.97. The van der Waals surface area contributed by atoms with E-state index in [0.29, 0.717) is 11.6 Å². The first-order chi connectivity index (χ1) is 11.6. The molecule has 2 N–H and O–H groups in total. The van der Waals surface area contributed by atoms with Gasteiger partial charge >= 0.3 is 0 Å². The van der Waals surface area contributed by atoms with Crippen LogP contribution in [0.2, 0.25) is 0 Å². The number of amides is 2. The van der Waals surface area contributed by atoms with Gasteiger partial charge in [-0.05, 0) is 36.8 Å². The fourth-order valence-electron chi connectivity index (χ4n) is 1.74. The van der Waals surface area contributed by atoms with Gasteiger partial charge in [0.15, 0.2) is 5.82 Å². The molecule has 24 heavy (non-hydrogen) atoms. The first-order valence-corrected chi connectivity index (χ1v) is 8.37. The minimum absolute atomic E-state index is 0.0628. The molecule has 8 heteroatoms. The molecule has 0 atom stereocenters. The van der Waals surface area contributed by atoms with Gasteiger partial charge in [-0.25, -0.2) is 4.39 Å². The number of carbonyl (C=O) groups excluding carboxylic acids is 2. The number of nitrogens with one attached hydrogen (secondary N) is 2. The third-order valence-corrected chi connectivity index (χ3v) is 3.81. The lowest BCUT2D eigenvalue weighted by molar-refractivity contribution is -0.118. The van der Waals surface area contributed by atoms with E-state index in [2.05, 4.69) is 20.8 Å². The number of aromatic nitrogens is 2. The maximum atomic E-state index is 13.1. The lowest BCUT2D eigenvalue weighted by Gasteiger charge is -2.05. The highest BCUT2D eigenvalue weighted by atomic mass is 32.2. The van der Waals surface area contributed by atoms with Crippen molar-refractivity contribution in [3.8, 4) is 0 Å². The molecule has 0 fully saturated rings. The molecule has 0 bridgehead atoms. The van der Waals surface area contributed by atoms with Gasteiger partial charge in [0.1, 0.15) is 10.8 Å². The Balaban J connectivity index is 1.87. The molecule has 1 heterocycles. The van der Waals surface area contributed by atoms with E-state index in [-0.39, 0.29) is 23.0 Å². The molecule has 0 unspecified atom stereocenters. The Kier molecular flexibility index (Phi) is 6.68. The number of hydrogen-bond donors (Lipinski definition) is 2. The predicted molar refractivity (Wildman–Crippen MR) is 90.4 cm³/mol. The van der Waals surface area contributed by atoms with E-state index >= 15 is 0 Å². The molecule has 0 aliphatic carbocycles. The van der Waals surface area contributed by atoms with Crippen LogP contribution < -0.4 is 10.6 Å². The van der Waals surface area contributed by atoms with Gasteiger partial charge < -0.3 is 10.6 Å². The van der Waals surface area contributed by atoms with Crippen molar-refractivity contribution in [3.05, 3.63) is 47.8 Å². The summed E-state index contributed by atoms with van der Waals surface area (Å²) in [5, 5.41) is 13.7. The highest BCUT2D eigenvalue weighted by Gasteiger charge is 2.09. The Morgan fingerprint density at radius 3 is 2.71 bits per heavy atom. The maximum absolute atomic E-state index is 13.1. The Morgan fingerprint density at radius 1 is 1.21 bits per heavy atom. The smallest absolute Gasteiger partial charge is 0.256 e. The molecule has 0 radical (unpaired) electrons. The summed E-state index contributed by atoms with van der Waals surface area (Å²) in [6.45, 7) is 2.63. The Morgan fingerprint density at radius 2 is 2.04 bits per heavy atom. The van der Waals surface area contributed by atoms with Crippen LogP contribution in [0.5, 0.6) is 0 Å². The van der Waals surface area contributed by atoms with Crippen molar-refractivity contribution >= 4 is 29.4 Å². The lowest BCUT2D eigenvalue weighted by Crippen LogP contribution is -2.25. The third-order valence-electron chi connectivity index (χ3n) is 2.89. The van der Waals surface area contributed by atoms with Crippen LogP contribution in [0.4, 0.5) is 10.2 Å². The van der Waals surface area contributed by atoms with E-state index < -0.39 is 11.7 Å². The van der Waals surface area contributed by atoms with E-state index in [0.717, 1.165) is 12.5 Å². The normalized spacial score (nSPS) is 10.2. The van der Waals surface area contributed by atoms with Crippen molar-refractivity contribution in [1.29, 1.82) is 0 Å². The van der Waals surface area contributed by atoms with Gasteiger partial charge in [0.05, 0.1) is 5.75 Å². The van der Waals surface area contributed by atoms with Crippen LogP contribution in [0, 0.1) is 5.82 Å². The van der Waals surface area contributed by atoms with Crippen LogP contribution in [0.15, 0.2) is 41.4 Å². The molecule has 0 spiro atoms. The third kappa shape index (κ3) is 5.62. The topological polar surface area (TPSA) is 84.0 Å². The summed E-state index contributed by atoms with van der Waals surface area (Å²) in [4.78, 5) is 23.5. The molecule has 1 aromatic carbocycles. The predicted octanol–water partition coefficient (Wildman–Crippen LogP) is 2.49. The summed E-state index contributed by atoms with van der Waals surface area (Å²) in [5.41, 5.74) is 0.197. The number of rotatable bonds is 7. The van der Waals surface area contributed by atoms with Crippen LogP contribution in [0.3, 0.4) is 0 Å². The number of hydrogen-bond acceptors (Lipinski definition) is 5. The summed E-state index contributed by atoms with van der Waals surface area (Å²) in [5.74, 6) is -0.509. The molecular weight excluding hydrogens is 331 g/mol. The second-order valence-corrected chi connectivity index (χ2v) is 5.86. The largest absolute Gasteiger partial charge is 0.355 e. The summed E-state index contributed by atoms with van der Waals surface area (Å²) >= 11 is 1.26. The van der Waals surface area contributed by atoms with Crippen LogP contribution >= 0.6 is 11.8 Å². The van der Waals surface area contributed by atoms with Crippen LogP contribution in [-0.4, -0.2) is 34.3 Å². The number of halogens is 1. The number of thioether (sulfide) groups is 1. The SMILES string of the molecule is CCCNC(=O)CSc1ccc(NC(=O)c2cccc(F)c2)nn1. The fourth-order valence-corrected chi connectivity index (χ4v) is 2.38. The minimum atomic E-state index is -0.484. The minimum Gasteiger partial charge on any atom is -0.355 e. The zero-order valence-electron chi connectivity index (χ0n) is 13.1. The van der Waals surface area contributed by atoms with E-state index in [9.17, 15) is 14.0 Å². The van der Waals surface area contributed by atoms with Crippen molar-refractivity contribution in [3.63, 3.8) is 0 Å². The standard InChI is InChI=1S/C16H17FN4O2S/c1-2-8-18-14(22)10-24-15-7-6-13(20-21-15)19-16(23)11-4-3-5-12(17)9-11/h3-7,9H,2,8,10H2,1H3,(H,18,22)(H,19,20,23). The average Bonchev–Trinajstić information content (AvgIpc) is 2.59. The summed E-state index contributed by atoms with van der Waals surface area (Å²) in [6.07, 6.45) is 0.885. The molecule has 2 amide bonds. The van der Waals surface area contributed by atoms with Gasteiger partial charge in [-0.1, -0.05) is 24.8 Å². The van der Waals surface area contributed by atoms with Gasteiger partial charge in [-0.2, -0.15) is 0 Å². The highest BCUT2D eigenvalue weighted by Crippen LogP contribution is 2.15. The van der Waals surface area contributed by atoms with E-state index in [4.69, 9.17) is 0 Å². The van der Waals surface area contributed by atoms with Gasteiger partial charge in [0.2, 0.25) is 5.91 Å². The summed E-state index contributed by atoms with van der Waals surface area (Å²) in [7, 11) is 0.